The Morgan fingerprint density at radius 1 is 1.05 bits per heavy atom. The highest BCUT2D eigenvalue weighted by atomic mass is 35.5. The first-order valence-corrected chi connectivity index (χ1v) is 14.7. The van der Waals surface area contributed by atoms with E-state index in [0.717, 1.165) is 25.2 Å². The van der Waals surface area contributed by atoms with Crippen molar-refractivity contribution < 1.29 is 40.9 Å². The summed E-state index contributed by atoms with van der Waals surface area (Å²) < 4.78 is 67.7. The molecule has 40 heavy (non-hydrogen) atoms. The van der Waals surface area contributed by atoms with Crippen LogP contribution in [0.5, 0.6) is 11.5 Å². The monoisotopic (exact) mass is 615 g/mol. The van der Waals surface area contributed by atoms with E-state index >= 15 is 0 Å². The Morgan fingerprint density at radius 3 is 2.35 bits per heavy atom. The van der Waals surface area contributed by atoms with Crippen LogP contribution in [0.3, 0.4) is 0 Å². The fourth-order valence-corrected chi connectivity index (χ4v) is 5.68. The molecule has 0 spiro atoms. The SMILES string of the molecule is O=C(CCS(=O)(=O)c1ccccc1)OC(Cc1c(Cl)c[n+]([O-])cc1Cl)c1ccc(OC(F)F)c(OCC2CC2)c1. The van der Waals surface area contributed by atoms with Crippen LogP contribution in [-0.4, -0.2) is 33.4 Å². The van der Waals surface area contributed by atoms with Crippen molar-refractivity contribution in [3.63, 3.8) is 0 Å². The summed E-state index contributed by atoms with van der Waals surface area (Å²) in [6.07, 6.45) is 2.43. The van der Waals surface area contributed by atoms with Crippen molar-refractivity contribution in [3.05, 3.63) is 87.3 Å². The van der Waals surface area contributed by atoms with Gasteiger partial charge < -0.3 is 19.4 Å². The van der Waals surface area contributed by atoms with Gasteiger partial charge in [-0.25, -0.2) is 8.42 Å². The smallest absolute Gasteiger partial charge is 0.387 e. The first-order valence-electron chi connectivity index (χ1n) is 12.3. The second-order valence-electron chi connectivity index (χ2n) is 9.20. The quantitative estimate of drug-likeness (QED) is 0.138. The third-order valence-corrected chi connectivity index (χ3v) is 8.51. The standard InChI is InChI=1S/C27H25Cl2F2NO7S/c28-21-14-32(34)15-22(29)20(21)13-24(38-26(33)10-11-40(35,36)19-4-2-1-3-5-19)18-8-9-23(39-27(30)31)25(12-18)37-16-17-6-7-17/h1-5,8-9,12,14-15,17,24,27H,6-7,10-11,13,16H2. The average Bonchev–Trinajstić information content (AvgIpc) is 3.73. The molecule has 4 rings (SSSR count). The molecule has 13 heteroatoms. The third kappa shape index (κ3) is 8.18. The Kier molecular flexibility index (Phi) is 9.70. The fourth-order valence-electron chi connectivity index (χ4n) is 3.84. The van der Waals surface area contributed by atoms with Gasteiger partial charge in [0, 0.05) is 12.0 Å². The van der Waals surface area contributed by atoms with Crippen molar-refractivity contribution in [1.29, 1.82) is 0 Å². The van der Waals surface area contributed by atoms with E-state index in [4.69, 9.17) is 32.7 Å². The van der Waals surface area contributed by atoms with Gasteiger partial charge in [0.25, 0.3) is 0 Å². The van der Waals surface area contributed by atoms with Gasteiger partial charge in [-0.3, -0.25) is 4.79 Å². The lowest BCUT2D eigenvalue weighted by atomic mass is 10.0. The number of hydrogen-bond donors (Lipinski definition) is 0. The van der Waals surface area contributed by atoms with Gasteiger partial charge in [0.15, 0.2) is 33.7 Å². The number of benzene rings is 2. The van der Waals surface area contributed by atoms with Crippen LogP contribution in [0.4, 0.5) is 8.78 Å². The van der Waals surface area contributed by atoms with Gasteiger partial charge in [-0.15, -0.1) is 0 Å². The summed E-state index contributed by atoms with van der Waals surface area (Å²) in [5, 5.41) is 11.7. The van der Waals surface area contributed by atoms with E-state index < -0.39 is 40.7 Å². The van der Waals surface area contributed by atoms with Crippen LogP contribution < -0.4 is 14.2 Å². The molecule has 2 aromatic carbocycles. The number of nitrogens with zero attached hydrogens (tertiary/aromatic N) is 1. The number of carbonyl (C=O) groups is 1. The maximum Gasteiger partial charge on any atom is 0.387 e. The van der Waals surface area contributed by atoms with Gasteiger partial charge in [0.2, 0.25) is 0 Å². The number of rotatable bonds is 13. The summed E-state index contributed by atoms with van der Waals surface area (Å²) in [4.78, 5) is 12.9. The minimum atomic E-state index is -3.75. The van der Waals surface area contributed by atoms with Crippen LogP contribution >= 0.6 is 23.2 Å². The molecule has 0 bridgehead atoms. The van der Waals surface area contributed by atoms with E-state index in [1.165, 1.54) is 30.3 Å². The molecule has 1 atom stereocenters. The molecule has 1 aliphatic carbocycles. The first-order chi connectivity index (χ1) is 19.0. The molecule has 1 heterocycles. The zero-order chi connectivity index (χ0) is 28.9. The maximum absolute atomic E-state index is 13.0. The molecular formula is C27H25Cl2F2NO7S. The van der Waals surface area contributed by atoms with Gasteiger partial charge in [-0.05, 0) is 48.6 Å². The van der Waals surface area contributed by atoms with Crippen LogP contribution in [0.1, 0.15) is 36.5 Å². The van der Waals surface area contributed by atoms with E-state index in [1.54, 1.807) is 18.2 Å². The number of halogens is 4. The summed E-state index contributed by atoms with van der Waals surface area (Å²) in [7, 11) is -3.75. The number of pyridine rings is 1. The number of hydrogen-bond acceptors (Lipinski definition) is 7. The molecule has 1 aliphatic rings. The lowest BCUT2D eigenvalue weighted by Crippen LogP contribution is -2.25. The maximum atomic E-state index is 13.0. The van der Waals surface area contributed by atoms with Crippen LogP contribution in [-0.2, 0) is 25.8 Å². The Morgan fingerprint density at radius 2 is 1.73 bits per heavy atom. The van der Waals surface area contributed by atoms with Crippen molar-refractivity contribution >= 4 is 39.0 Å². The highest BCUT2D eigenvalue weighted by molar-refractivity contribution is 7.91. The van der Waals surface area contributed by atoms with Gasteiger partial charge in [0.05, 0.1) is 23.7 Å². The zero-order valence-electron chi connectivity index (χ0n) is 21.0. The van der Waals surface area contributed by atoms with E-state index in [1.807, 2.05) is 0 Å². The fraction of sp³-hybridized carbons (Fsp3) is 0.333. The molecule has 1 aromatic heterocycles. The van der Waals surface area contributed by atoms with Crippen molar-refractivity contribution in [3.8, 4) is 11.5 Å². The van der Waals surface area contributed by atoms with Crippen LogP contribution in [0.25, 0.3) is 0 Å². The number of carbonyl (C=O) groups excluding carboxylic acids is 1. The Balaban J connectivity index is 1.60. The highest BCUT2D eigenvalue weighted by Crippen LogP contribution is 2.38. The molecule has 0 N–H and O–H groups in total. The van der Waals surface area contributed by atoms with Crippen molar-refractivity contribution in [2.24, 2.45) is 5.92 Å². The zero-order valence-corrected chi connectivity index (χ0v) is 23.3. The molecule has 1 saturated carbocycles. The molecule has 0 amide bonds. The largest absolute Gasteiger partial charge is 0.619 e. The lowest BCUT2D eigenvalue weighted by molar-refractivity contribution is -0.605. The van der Waals surface area contributed by atoms with E-state index in [0.29, 0.717) is 28.4 Å². The van der Waals surface area contributed by atoms with Gasteiger partial charge in [-0.2, -0.15) is 13.5 Å². The molecule has 0 radical (unpaired) electrons. The summed E-state index contributed by atoms with van der Waals surface area (Å²) in [6.45, 7) is -2.79. The minimum absolute atomic E-state index is 0.0121. The molecule has 214 valence electrons. The predicted octanol–water partition coefficient (Wildman–Crippen LogP) is 5.71. The first kappa shape index (κ1) is 29.8. The van der Waals surface area contributed by atoms with Crippen LogP contribution in [0.15, 0.2) is 65.8 Å². The van der Waals surface area contributed by atoms with Crippen LogP contribution in [0.2, 0.25) is 10.0 Å². The Labute approximate surface area is 239 Å². The molecule has 1 unspecified atom stereocenters. The summed E-state index contributed by atoms with van der Waals surface area (Å²) >= 11 is 12.5. The predicted molar refractivity (Wildman–Crippen MR) is 142 cm³/mol. The number of alkyl halides is 2. The molecule has 8 nitrogen and oxygen atoms in total. The normalized spacial score (nSPS) is 14.1. The van der Waals surface area contributed by atoms with Crippen molar-refractivity contribution in [1.82, 2.24) is 0 Å². The second-order valence-corrected chi connectivity index (χ2v) is 12.1. The molecular weight excluding hydrogens is 591 g/mol. The average molecular weight is 616 g/mol. The molecule has 1 fully saturated rings. The van der Waals surface area contributed by atoms with Crippen molar-refractivity contribution in [2.45, 2.75) is 43.3 Å². The number of ether oxygens (including phenoxy) is 3. The minimum Gasteiger partial charge on any atom is -0.619 e. The lowest BCUT2D eigenvalue weighted by Gasteiger charge is -2.21. The van der Waals surface area contributed by atoms with Gasteiger partial charge in [0.1, 0.15) is 16.1 Å². The topological polar surface area (TPSA) is 106 Å². The third-order valence-electron chi connectivity index (χ3n) is 6.13. The summed E-state index contributed by atoms with van der Waals surface area (Å²) in [5.41, 5.74) is 0.621. The van der Waals surface area contributed by atoms with Crippen molar-refractivity contribution in [2.75, 3.05) is 12.4 Å². The van der Waals surface area contributed by atoms with E-state index in [2.05, 4.69) is 4.74 Å². The molecule has 0 aliphatic heterocycles. The highest BCUT2D eigenvalue weighted by Gasteiger charge is 2.27. The summed E-state index contributed by atoms with van der Waals surface area (Å²) in [5.74, 6) is -1.19. The number of esters is 1. The van der Waals surface area contributed by atoms with Gasteiger partial charge >= 0.3 is 12.6 Å². The Bertz CT molecular complexity index is 1430. The Hall–Kier alpha value is -3.15. The van der Waals surface area contributed by atoms with Crippen LogP contribution in [0, 0.1) is 11.1 Å². The summed E-state index contributed by atoms with van der Waals surface area (Å²) in [6, 6.07) is 11.8. The molecule has 3 aromatic rings. The number of aromatic nitrogens is 1. The van der Waals surface area contributed by atoms with Gasteiger partial charge in [-0.1, -0.05) is 47.5 Å². The second kappa shape index (κ2) is 13.0. The molecule has 0 saturated heterocycles. The number of sulfone groups is 1. The van der Waals surface area contributed by atoms with E-state index in [9.17, 15) is 27.2 Å². The van der Waals surface area contributed by atoms with E-state index in [-0.39, 0.29) is 32.9 Å².